The number of aryl methyl sites for hydroxylation is 1. The van der Waals surface area contributed by atoms with Gasteiger partial charge in [-0.3, -0.25) is 9.89 Å². The molecule has 0 radical (unpaired) electrons. The summed E-state index contributed by atoms with van der Waals surface area (Å²) in [7, 11) is 0. The molecule has 1 unspecified atom stereocenters. The van der Waals surface area contributed by atoms with Crippen molar-refractivity contribution >= 4 is 17.5 Å². The Kier molecular flexibility index (Phi) is 4.64. The van der Waals surface area contributed by atoms with Crippen molar-refractivity contribution in [2.75, 3.05) is 0 Å². The maximum atomic E-state index is 13.4. The monoisotopic (exact) mass is 413 g/mol. The summed E-state index contributed by atoms with van der Waals surface area (Å²) in [5.74, 6) is -0.0512. The van der Waals surface area contributed by atoms with Gasteiger partial charge in [0.25, 0.3) is 5.91 Å². The minimum atomic E-state index is -0.263. The van der Waals surface area contributed by atoms with Crippen LogP contribution in [0.4, 0.5) is 0 Å². The van der Waals surface area contributed by atoms with E-state index in [0.717, 1.165) is 27.9 Å². The molecule has 0 bridgehead atoms. The smallest absolute Gasteiger partial charge is 0.273 e. The van der Waals surface area contributed by atoms with E-state index < -0.39 is 0 Å². The minimum Gasteiger partial charge on any atom is -0.322 e. The number of rotatable bonds is 4. The van der Waals surface area contributed by atoms with Gasteiger partial charge in [0.05, 0.1) is 11.7 Å². The Morgan fingerprint density at radius 2 is 1.77 bits per heavy atom. The summed E-state index contributed by atoms with van der Waals surface area (Å²) in [5, 5.41) is 8.17. The van der Waals surface area contributed by atoms with Crippen molar-refractivity contribution in [3.05, 3.63) is 112 Å². The second kappa shape index (κ2) is 7.47. The Hall–Kier alpha value is -3.37. The first-order chi connectivity index (χ1) is 14.6. The Balaban J connectivity index is 1.66. The number of aromatic nitrogens is 2. The van der Waals surface area contributed by atoms with Crippen molar-refractivity contribution in [2.24, 2.45) is 0 Å². The molecule has 148 valence electrons. The van der Waals surface area contributed by atoms with Crippen LogP contribution < -0.4 is 0 Å². The number of halogens is 1. The molecule has 0 spiro atoms. The fraction of sp³-hybridized carbons (Fsp3) is 0.120. The molecule has 4 aromatic rings. The van der Waals surface area contributed by atoms with Gasteiger partial charge in [-0.15, -0.1) is 0 Å². The van der Waals surface area contributed by atoms with Gasteiger partial charge in [0, 0.05) is 22.7 Å². The van der Waals surface area contributed by atoms with Crippen molar-refractivity contribution < 1.29 is 4.79 Å². The summed E-state index contributed by atoms with van der Waals surface area (Å²) in [6.07, 6.45) is 0. The van der Waals surface area contributed by atoms with Crippen molar-refractivity contribution in [2.45, 2.75) is 19.5 Å². The van der Waals surface area contributed by atoms with Crippen LogP contribution >= 0.6 is 11.6 Å². The Bertz CT molecular complexity index is 1210. The highest BCUT2D eigenvalue weighted by Gasteiger charge is 2.42. The number of carbonyl (C=O) groups excluding carboxylic acids is 1. The molecular weight excluding hydrogens is 394 g/mol. The molecule has 1 aliphatic heterocycles. The number of fused-ring (bicyclic) bond motifs is 1. The zero-order valence-electron chi connectivity index (χ0n) is 16.5. The SMILES string of the molecule is Cc1ccc(-c2n[nH]c3c2C(c2cccc(Cl)c2)N(Cc2ccccc2)C3=O)cc1. The molecule has 5 rings (SSSR count). The number of benzene rings is 3. The maximum absolute atomic E-state index is 13.4. The van der Waals surface area contributed by atoms with E-state index in [9.17, 15) is 4.79 Å². The molecule has 1 aromatic heterocycles. The number of aromatic amines is 1. The lowest BCUT2D eigenvalue weighted by Crippen LogP contribution is -2.29. The number of hydrogen-bond donors (Lipinski definition) is 1. The van der Waals surface area contributed by atoms with E-state index in [-0.39, 0.29) is 11.9 Å². The molecular formula is C25H20ClN3O. The summed E-state index contributed by atoms with van der Waals surface area (Å²) in [4.78, 5) is 15.3. The zero-order valence-corrected chi connectivity index (χ0v) is 17.2. The first kappa shape index (κ1) is 18.6. The van der Waals surface area contributed by atoms with Gasteiger partial charge in [-0.2, -0.15) is 5.10 Å². The minimum absolute atomic E-state index is 0.0512. The second-order valence-electron chi connectivity index (χ2n) is 7.60. The highest BCUT2D eigenvalue weighted by Crippen LogP contribution is 2.43. The molecule has 1 amide bonds. The standard InChI is InChI=1S/C25H20ClN3O/c1-16-10-12-18(13-11-16)22-21-23(28-27-22)25(30)29(15-17-6-3-2-4-7-17)24(21)19-8-5-9-20(26)14-19/h2-14,24H,15H2,1H3,(H,27,28). The normalized spacial score (nSPS) is 15.5. The molecule has 4 nitrogen and oxygen atoms in total. The third-order valence-corrected chi connectivity index (χ3v) is 5.78. The number of hydrogen-bond acceptors (Lipinski definition) is 2. The summed E-state index contributed by atoms with van der Waals surface area (Å²) >= 11 is 6.32. The third-order valence-electron chi connectivity index (χ3n) is 5.55. The van der Waals surface area contributed by atoms with E-state index in [2.05, 4.69) is 29.3 Å². The van der Waals surface area contributed by atoms with E-state index in [1.165, 1.54) is 5.56 Å². The van der Waals surface area contributed by atoms with Gasteiger partial charge in [0.15, 0.2) is 0 Å². The number of carbonyl (C=O) groups is 1. The van der Waals surface area contributed by atoms with Gasteiger partial charge < -0.3 is 4.90 Å². The number of nitrogens with one attached hydrogen (secondary N) is 1. The van der Waals surface area contributed by atoms with Crippen LogP contribution in [0.15, 0.2) is 78.9 Å². The summed E-state index contributed by atoms with van der Waals surface area (Å²) in [6, 6.07) is 25.7. The van der Waals surface area contributed by atoms with Crippen LogP contribution in [-0.2, 0) is 6.54 Å². The quantitative estimate of drug-likeness (QED) is 0.460. The average molecular weight is 414 g/mol. The van der Waals surface area contributed by atoms with Crippen molar-refractivity contribution in [3.63, 3.8) is 0 Å². The molecule has 0 saturated heterocycles. The molecule has 5 heteroatoms. The first-order valence-corrected chi connectivity index (χ1v) is 10.3. The maximum Gasteiger partial charge on any atom is 0.273 e. The summed E-state index contributed by atoms with van der Waals surface area (Å²) < 4.78 is 0. The molecule has 30 heavy (non-hydrogen) atoms. The van der Waals surface area contributed by atoms with E-state index in [1.807, 2.05) is 71.6 Å². The van der Waals surface area contributed by atoms with Crippen LogP contribution in [0.2, 0.25) is 5.02 Å². The Labute approximate surface area is 180 Å². The van der Waals surface area contributed by atoms with Gasteiger partial charge in [0.2, 0.25) is 0 Å². The highest BCUT2D eigenvalue weighted by molar-refractivity contribution is 6.30. The molecule has 0 saturated carbocycles. The zero-order chi connectivity index (χ0) is 20.7. The van der Waals surface area contributed by atoms with Crippen LogP contribution in [0.25, 0.3) is 11.3 Å². The van der Waals surface area contributed by atoms with Crippen molar-refractivity contribution in [1.29, 1.82) is 0 Å². The molecule has 3 aromatic carbocycles. The molecule has 1 atom stereocenters. The molecule has 1 aliphatic rings. The average Bonchev–Trinajstić information content (AvgIpc) is 3.29. The molecule has 1 N–H and O–H groups in total. The fourth-order valence-corrected chi connectivity index (χ4v) is 4.29. The number of nitrogens with zero attached hydrogens (tertiary/aromatic N) is 2. The largest absolute Gasteiger partial charge is 0.322 e. The predicted octanol–water partition coefficient (Wildman–Crippen LogP) is 5.78. The third kappa shape index (κ3) is 3.19. The topological polar surface area (TPSA) is 49.0 Å². The van der Waals surface area contributed by atoms with Gasteiger partial charge in [0.1, 0.15) is 5.69 Å². The van der Waals surface area contributed by atoms with E-state index in [1.54, 1.807) is 0 Å². The van der Waals surface area contributed by atoms with Crippen LogP contribution in [0, 0.1) is 6.92 Å². The van der Waals surface area contributed by atoms with Crippen LogP contribution in [0.3, 0.4) is 0 Å². The lowest BCUT2D eigenvalue weighted by atomic mass is 9.95. The van der Waals surface area contributed by atoms with Crippen LogP contribution in [-0.4, -0.2) is 21.0 Å². The fourth-order valence-electron chi connectivity index (χ4n) is 4.09. The van der Waals surface area contributed by atoms with Crippen LogP contribution in [0.5, 0.6) is 0 Å². The lowest BCUT2D eigenvalue weighted by molar-refractivity contribution is 0.0730. The van der Waals surface area contributed by atoms with E-state index in [4.69, 9.17) is 11.6 Å². The molecule has 0 aliphatic carbocycles. The van der Waals surface area contributed by atoms with Gasteiger partial charge in [-0.1, -0.05) is 83.9 Å². The van der Waals surface area contributed by atoms with Gasteiger partial charge >= 0.3 is 0 Å². The highest BCUT2D eigenvalue weighted by atomic mass is 35.5. The van der Waals surface area contributed by atoms with Crippen LogP contribution in [0.1, 0.15) is 38.8 Å². The lowest BCUT2D eigenvalue weighted by Gasteiger charge is -2.26. The number of amides is 1. The van der Waals surface area contributed by atoms with E-state index in [0.29, 0.717) is 17.3 Å². The van der Waals surface area contributed by atoms with Crippen molar-refractivity contribution in [3.8, 4) is 11.3 Å². The summed E-state index contributed by atoms with van der Waals surface area (Å²) in [5.41, 5.74) is 6.47. The van der Waals surface area contributed by atoms with Gasteiger partial charge in [-0.05, 0) is 30.2 Å². The molecule has 2 heterocycles. The summed E-state index contributed by atoms with van der Waals surface area (Å²) in [6.45, 7) is 2.56. The Morgan fingerprint density at radius 3 is 2.50 bits per heavy atom. The number of H-pyrrole nitrogens is 1. The van der Waals surface area contributed by atoms with Gasteiger partial charge in [-0.25, -0.2) is 0 Å². The second-order valence-corrected chi connectivity index (χ2v) is 8.04. The van der Waals surface area contributed by atoms with Crippen molar-refractivity contribution in [1.82, 2.24) is 15.1 Å². The first-order valence-electron chi connectivity index (χ1n) is 9.87. The predicted molar refractivity (Wildman–Crippen MR) is 118 cm³/mol. The molecule has 0 fully saturated rings. The Morgan fingerprint density at radius 1 is 1.00 bits per heavy atom. The van der Waals surface area contributed by atoms with E-state index >= 15 is 0 Å².